The first kappa shape index (κ1) is 15.5. The Bertz CT molecular complexity index is 674. The average molecular weight is 319 g/mol. The van der Waals surface area contributed by atoms with Gasteiger partial charge in [-0.1, -0.05) is 10.3 Å². The van der Waals surface area contributed by atoms with Gasteiger partial charge in [-0.3, -0.25) is 0 Å². The summed E-state index contributed by atoms with van der Waals surface area (Å²) in [6.07, 6.45) is 1.88. The number of nitrogens with zero attached hydrogens (tertiary/aromatic N) is 4. The van der Waals surface area contributed by atoms with E-state index in [0.717, 1.165) is 36.4 Å². The lowest BCUT2D eigenvalue weighted by atomic mass is 9.98. The molecule has 1 fully saturated rings. The van der Waals surface area contributed by atoms with Gasteiger partial charge in [-0.2, -0.15) is 4.98 Å². The highest BCUT2D eigenvalue weighted by Crippen LogP contribution is 2.25. The number of carbonyl (C=O) groups is 1. The normalized spacial score (nSPS) is 18.2. The third-order valence-electron chi connectivity index (χ3n) is 4.20. The van der Waals surface area contributed by atoms with Crippen LogP contribution in [-0.4, -0.2) is 39.3 Å². The minimum Gasteiger partial charge on any atom is -0.361 e. The Morgan fingerprint density at radius 1 is 1.30 bits per heavy atom. The van der Waals surface area contributed by atoms with Crippen LogP contribution in [-0.2, 0) is 6.54 Å². The van der Waals surface area contributed by atoms with Crippen molar-refractivity contribution in [2.24, 2.45) is 0 Å². The molecule has 2 aromatic rings. The number of nitrogens with one attached hydrogen (secondary N) is 1. The van der Waals surface area contributed by atoms with Gasteiger partial charge in [0.15, 0.2) is 5.82 Å². The number of urea groups is 1. The van der Waals surface area contributed by atoms with E-state index >= 15 is 0 Å². The SMILES string of the molecule is Cc1noc(C2CCCN(C(=O)NCc3c(C)noc3C)C2)n1. The lowest BCUT2D eigenvalue weighted by Gasteiger charge is -2.31. The molecule has 124 valence electrons. The van der Waals surface area contributed by atoms with Crippen LogP contribution in [0.5, 0.6) is 0 Å². The Balaban J connectivity index is 1.59. The monoisotopic (exact) mass is 319 g/mol. The van der Waals surface area contributed by atoms with Gasteiger partial charge < -0.3 is 19.3 Å². The quantitative estimate of drug-likeness (QED) is 0.930. The number of rotatable bonds is 3. The van der Waals surface area contributed by atoms with Gasteiger partial charge in [0.1, 0.15) is 5.76 Å². The number of aromatic nitrogens is 3. The Kier molecular flexibility index (Phi) is 4.31. The van der Waals surface area contributed by atoms with E-state index in [1.165, 1.54) is 0 Å². The maximum absolute atomic E-state index is 12.4. The molecule has 2 amide bonds. The molecule has 23 heavy (non-hydrogen) atoms. The highest BCUT2D eigenvalue weighted by Gasteiger charge is 2.28. The molecule has 0 bridgehead atoms. The third kappa shape index (κ3) is 3.35. The van der Waals surface area contributed by atoms with E-state index in [-0.39, 0.29) is 11.9 Å². The molecular weight excluding hydrogens is 298 g/mol. The van der Waals surface area contributed by atoms with Crippen molar-refractivity contribution in [1.29, 1.82) is 0 Å². The van der Waals surface area contributed by atoms with E-state index in [2.05, 4.69) is 20.6 Å². The number of amides is 2. The Hall–Kier alpha value is -2.38. The van der Waals surface area contributed by atoms with E-state index in [9.17, 15) is 4.79 Å². The molecule has 0 aromatic carbocycles. The number of hydrogen-bond donors (Lipinski definition) is 1. The maximum atomic E-state index is 12.4. The van der Waals surface area contributed by atoms with Gasteiger partial charge in [0.05, 0.1) is 11.6 Å². The van der Waals surface area contributed by atoms with Crippen molar-refractivity contribution in [2.45, 2.75) is 46.1 Å². The number of aryl methyl sites for hydroxylation is 3. The zero-order valence-corrected chi connectivity index (χ0v) is 13.6. The largest absolute Gasteiger partial charge is 0.361 e. The summed E-state index contributed by atoms with van der Waals surface area (Å²) >= 11 is 0. The summed E-state index contributed by atoms with van der Waals surface area (Å²) in [5.74, 6) is 2.08. The third-order valence-corrected chi connectivity index (χ3v) is 4.20. The van der Waals surface area contributed by atoms with Gasteiger partial charge in [0.25, 0.3) is 0 Å². The van der Waals surface area contributed by atoms with Gasteiger partial charge >= 0.3 is 6.03 Å². The lowest BCUT2D eigenvalue weighted by molar-refractivity contribution is 0.171. The molecule has 0 saturated carbocycles. The molecule has 1 saturated heterocycles. The van der Waals surface area contributed by atoms with Crippen LogP contribution in [0.2, 0.25) is 0 Å². The van der Waals surface area contributed by atoms with Crippen molar-refractivity contribution < 1.29 is 13.8 Å². The predicted molar refractivity (Wildman–Crippen MR) is 80.8 cm³/mol. The number of hydrogen-bond acceptors (Lipinski definition) is 6. The fraction of sp³-hybridized carbons (Fsp3) is 0.600. The van der Waals surface area contributed by atoms with Crippen LogP contribution >= 0.6 is 0 Å². The summed E-state index contributed by atoms with van der Waals surface area (Å²) in [7, 11) is 0. The predicted octanol–water partition coefficient (Wildman–Crippen LogP) is 2.07. The van der Waals surface area contributed by atoms with Crippen LogP contribution in [0.4, 0.5) is 4.79 Å². The second-order valence-electron chi connectivity index (χ2n) is 5.93. The van der Waals surface area contributed by atoms with Crippen LogP contribution in [0.15, 0.2) is 9.05 Å². The molecule has 1 N–H and O–H groups in total. The van der Waals surface area contributed by atoms with E-state index in [1.54, 1.807) is 11.8 Å². The summed E-state index contributed by atoms with van der Waals surface area (Å²) < 4.78 is 10.3. The molecule has 0 radical (unpaired) electrons. The summed E-state index contributed by atoms with van der Waals surface area (Å²) in [5, 5.41) is 10.7. The summed E-state index contributed by atoms with van der Waals surface area (Å²) in [5.41, 5.74) is 1.74. The second-order valence-corrected chi connectivity index (χ2v) is 5.93. The van der Waals surface area contributed by atoms with Crippen molar-refractivity contribution in [3.63, 3.8) is 0 Å². The molecule has 3 rings (SSSR count). The molecule has 8 nitrogen and oxygen atoms in total. The van der Waals surface area contributed by atoms with Crippen molar-refractivity contribution in [2.75, 3.05) is 13.1 Å². The molecule has 1 aliphatic heterocycles. The summed E-state index contributed by atoms with van der Waals surface area (Å²) in [6.45, 7) is 7.25. The molecule has 1 aliphatic rings. The highest BCUT2D eigenvalue weighted by molar-refractivity contribution is 5.74. The first-order valence-corrected chi connectivity index (χ1v) is 7.79. The molecule has 0 spiro atoms. The van der Waals surface area contributed by atoms with Gasteiger partial charge in [-0.25, -0.2) is 4.79 Å². The van der Waals surface area contributed by atoms with Gasteiger partial charge in [-0.05, 0) is 33.6 Å². The highest BCUT2D eigenvalue weighted by atomic mass is 16.5. The van der Waals surface area contributed by atoms with Crippen molar-refractivity contribution in [3.8, 4) is 0 Å². The fourth-order valence-corrected chi connectivity index (χ4v) is 2.87. The van der Waals surface area contributed by atoms with Crippen LogP contribution in [0, 0.1) is 20.8 Å². The molecule has 2 aromatic heterocycles. The number of carbonyl (C=O) groups excluding carboxylic acids is 1. The standard InChI is InChI=1S/C15H21N5O3/c1-9-13(10(2)22-18-9)7-16-15(21)20-6-4-5-12(8-20)14-17-11(3)19-23-14/h12H,4-8H2,1-3H3,(H,16,21). The van der Waals surface area contributed by atoms with Gasteiger partial charge in [-0.15, -0.1) is 0 Å². The number of piperidine rings is 1. The van der Waals surface area contributed by atoms with Crippen LogP contribution in [0.1, 0.15) is 47.5 Å². The molecular formula is C15H21N5O3. The van der Waals surface area contributed by atoms with E-state index in [1.807, 2.05) is 13.8 Å². The van der Waals surface area contributed by atoms with Crippen molar-refractivity contribution >= 4 is 6.03 Å². The Morgan fingerprint density at radius 2 is 2.13 bits per heavy atom. The summed E-state index contributed by atoms with van der Waals surface area (Å²) in [4.78, 5) is 18.5. The average Bonchev–Trinajstić information content (AvgIpc) is 3.12. The maximum Gasteiger partial charge on any atom is 0.317 e. The molecule has 8 heteroatoms. The second kappa shape index (κ2) is 6.39. The first-order valence-electron chi connectivity index (χ1n) is 7.79. The van der Waals surface area contributed by atoms with Gasteiger partial charge in [0, 0.05) is 25.2 Å². The minimum atomic E-state index is -0.0917. The minimum absolute atomic E-state index is 0.0917. The van der Waals surface area contributed by atoms with Crippen LogP contribution in [0.25, 0.3) is 0 Å². The van der Waals surface area contributed by atoms with Gasteiger partial charge in [0.2, 0.25) is 5.89 Å². The molecule has 0 aliphatic carbocycles. The van der Waals surface area contributed by atoms with Crippen molar-refractivity contribution in [1.82, 2.24) is 25.5 Å². The topological polar surface area (TPSA) is 97.3 Å². The fourth-order valence-electron chi connectivity index (χ4n) is 2.87. The smallest absolute Gasteiger partial charge is 0.317 e. The lowest BCUT2D eigenvalue weighted by Crippen LogP contribution is -2.44. The zero-order chi connectivity index (χ0) is 16.4. The van der Waals surface area contributed by atoms with Crippen LogP contribution < -0.4 is 5.32 Å². The molecule has 1 atom stereocenters. The van der Waals surface area contributed by atoms with E-state index < -0.39 is 0 Å². The first-order chi connectivity index (χ1) is 11.0. The van der Waals surface area contributed by atoms with E-state index in [0.29, 0.717) is 24.8 Å². The molecule has 1 unspecified atom stereocenters. The summed E-state index contributed by atoms with van der Waals surface area (Å²) in [6, 6.07) is -0.0917. The number of likely N-dealkylation sites (tertiary alicyclic amines) is 1. The Morgan fingerprint density at radius 3 is 2.78 bits per heavy atom. The van der Waals surface area contributed by atoms with E-state index in [4.69, 9.17) is 9.05 Å². The Labute approximate surface area is 134 Å². The molecule has 3 heterocycles. The van der Waals surface area contributed by atoms with Crippen molar-refractivity contribution in [3.05, 3.63) is 28.7 Å². The van der Waals surface area contributed by atoms with Crippen LogP contribution in [0.3, 0.4) is 0 Å². The zero-order valence-electron chi connectivity index (χ0n) is 13.6.